The lowest BCUT2D eigenvalue weighted by Gasteiger charge is -2.14. The highest BCUT2D eigenvalue weighted by Gasteiger charge is 2.26. The van der Waals surface area contributed by atoms with Gasteiger partial charge in [-0.15, -0.1) is 0 Å². The first-order chi connectivity index (χ1) is 8.81. The van der Waals surface area contributed by atoms with E-state index in [-0.39, 0.29) is 5.56 Å². The second kappa shape index (κ2) is 5.10. The zero-order valence-corrected chi connectivity index (χ0v) is 10.5. The normalized spacial score (nSPS) is 20.2. The van der Waals surface area contributed by atoms with Crippen LogP contribution in [0.2, 0.25) is 0 Å². The largest absolute Gasteiger partial charge is 0.476 e. The van der Waals surface area contributed by atoms with Gasteiger partial charge in [0.1, 0.15) is 12.4 Å². The van der Waals surface area contributed by atoms with E-state index < -0.39 is 0 Å². The number of rotatable bonds is 5. The summed E-state index contributed by atoms with van der Waals surface area (Å²) in [5.41, 5.74) is -0.108. The van der Waals surface area contributed by atoms with Crippen molar-refractivity contribution in [3.8, 4) is 5.88 Å². The predicted molar refractivity (Wildman–Crippen MR) is 68.0 cm³/mol. The number of ether oxygens (including phenoxy) is 1. The summed E-state index contributed by atoms with van der Waals surface area (Å²) in [7, 11) is 0. The second-order valence-corrected chi connectivity index (χ2v) is 5.14. The number of hydrogen-bond donors (Lipinski definition) is 1. The topological polar surface area (TPSA) is 58.2 Å². The lowest BCUT2D eigenvalue weighted by Crippen LogP contribution is -2.25. The lowest BCUT2D eigenvalue weighted by molar-refractivity contribution is 0.231. The van der Waals surface area contributed by atoms with Crippen molar-refractivity contribution < 1.29 is 4.74 Å². The summed E-state index contributed by atoms with van der Waals surface area (Å²) in [6, 6.07) is 1.44. The molecule has 5 heteroatoms. The standard InChI is InChI=1S/C13H19N3O2/c17-11-9-12(15-13(14-11)10-3-4-10)18-8-7-16-5-1-2-6-16/h9-10H,1-8H2,(H,14,15,17). The van der Waals surface area contributed by atoms with Gasteiger partial charge in [-0.3, -0.25) is 9.69 Å². The van der Waals surface area contributed by atoms with Gasteiger partial charge in [-0.2, -0.15) is 4.98 Å². The molecule has 3 rings (SSSR count). The quantitative estimate of drug-likeness (QED) is 0.849. The van der Waals surface area contributed by atoms with Gasteiger partial charge in [-0.25, -0.2) is 0 Å². The highest BCUT2D eigenvalue weighted by Crippen LogP contribution is 2.37. The maximum absolute atomic E-state index is 11.5. The Balaban J connectivity index is 1.56. The van der Waals surface area contributed by atoms with Crippen LogP contribution in [0.4, 0.5) is 0 Å². The molecule has 2 fully saturated rings. The highest BCUT2D eigenvalue weighted by molar-refractivity contribution is 5.14. The summed E-state index contributed by atoms with van der Waals surface area (Å²) in [6.07, 6.45) is 4.82. The number of nitrogens with zero attached hydrogens (tertiary/aromatic N) is 2. The number of hydrogen-bond acceptors (Lipinski definition) is 4. The minimum absolute atomic E-state index is 0.108. The zero-order chi connectivity index (χ0) is 12.4. The predicted octanol–water partition coefficient (Wildman–Crippen LogP) is 1.12. The van der Waals surface area contributed by atoms with Crippen molar-refractivity contribution in [3.05, 3.63) is 22.2 Å². The summed E-state index contributed by atoms with van der Waals surface area (Å²) in [5, 5.41) is 0. The molecule has 98 valence electrons. The number of likely N-dealkylation sites (tertiary alicyclic amines) is 1. The van der Waals surface area contributed by atoms with Crippen molar-refractivity contribution in [1.82, 2.24) is 14.9 Å². The Labute approximate surface area is 106 Å². The number of H-pyrrole nitrogens is 1. The molecule has 0 bridgehead atoms. The first kappa shape index (κ1) is 11.7. The Morgan fingerprint density at radius 3 is 2.89 bits per heavy atom. The smallest absolute Gasteiger partial charge is 0.254 e. The molecule has 0 amide bonds. The molecule has 1 aromatic heterocycles. The molecule has 1 saturated carbocycles. The first-order valence-corrected chi connectivity index (χ1v) is 6.78. The van der Waals surface area contributed by atoms with Crippen LogP contribution in [0.5, 0.6) is 5.88 Å². The molecular formula is C13H19N3O2. The SMILES string of the molecule is O=c1cc(OCCN2CCCC2)nc(C2CC2)[nH]1. The van der Waals surface area contributed by atoms with Crippen molar-refractivity contribution >= 4 is 0 Å². The Morgan fingerprint density at radius 2 is 2.17 bits per heavy atom. The van der Waals surface area contributed by atoms with E-state index in [1.807, 2.05) is 0 Å². The Kier molecular flexibility index (Phi) is 3.32. The molecule has 1 aliphatic carbocycles. The molecule has 0 atom stereocenters. The third kappa shape index (κ3) is 2.90. The van der Waals surface area contributed by atoms with Crippen molar-refractivity contribution in [2.45, 2.75) is 31.6 Å². The van der Waals surface area contributed by atoms with Gasteiger partial charge in [0.05, 0.1) is 6.07 Å². The summed E-state index contributed by atoms with van der Waals surface area (Å²) < 4.78 is 5.59. The van der Waals surface area contributed by atoms with Gasteiger partial charge >= 0.3 is 0 Å². The van der Waals surface area contributed by atoms with E-state index in [1.54, 1.807) is 0 Å². The number of aromatic amines is 1. The molecule has 5 nitrogen and oxygen atoms in total. The van der Waals surface area contributed by atoms with E-state index >= 15 is 0 Å². The maximum Gasteiger partial charge on any atom is 0.254 e. The number of aromatic nitrogens is 2. The van der Waals surface area contributed by atoms with Crippen LogP contribution in [-0.2, 0) is 0 Å². The summed E-state index contributed by atoms with van der Waals surface area (Å²) in [6.45, 7) is 3.87. The van der Waals surface area contributed by atoms with Gasteiger partial charge < -0.3 is 9.72 Å². The van der Waals surface area contributed by atoms with Crippen LogP contribution in [0.25, 0.3) is 0 Å². The molecular weight excluding hydrogens is 230 g/mol. The van der Waals surface area contributed by atoms with E-state index in [2.05, 4.69) is 14.9 Å². The van der Waals surface area contributed by atoms with Crippen molar-refractivity contribution in [2.24, 2.45) is 0 Å². The molecule has 1 N–H and O–H groups in total. The van der Waals surface area contributed by atoms with Crippen LogP contribution in [0.1, 0.15) is 37.4 Å². The van der Waals surface area contributed by atoms with Crippen molar-refractivity contribution in [2.75, 3.05) is 26.2 Å². The van der Waals surface area contributed by atoms with Crippen molar-refractivity contribution in [3.63, 3.8) is 0 Å². The molecule has 1 aromatic rings. The fourth-order valence-corrected chi connectivity index (χ4v) is 2.36. The van der Waals surface area contributed by atoms with Crippen LogP contribution >= 0.6 is 0 Å². The van der Waals surface area contributed by atoms with E-state index in [0.29, 0.717) is 18.4 Å². The fraction of sp³-hybridized carbons (Fsp3) is 0.692. The Morgan fingerprint density at radius 1 is 1.39 bits per heavy atom. The number of nitrogens with one attached hydrogen (secondary N) is 1. The highest BCUT2D eigenvalue weighted by atomic mass is 16.5. The zero-order valence-electron chi connectivity index (χ0n) is 10.5. The monoisotopic (exact) mass is 249 g/mol. The average molecular weight is 249 g/mol. The first-order valence-electron chi connectivity index (χ1n) is 6.78. The van der Waals surface area contributed by atoms with Gasteiger partial charge in [0.2, 0.25) is 5.88 Å². The third-order valence-electron chi connectivity index (χ3n) is 3.56. The van der Waals surface area contributed by atoms with E-state index in [4.69, 9.17) is 4.74 Å². The van der Waals surface area contributed by atoms with E-state index in [0.717, 1.165) is 25.2 Å². The molecule has 18 heavy (non-hydrogen) atoms. The average Bonchev–Trinajstić information content (AvgIpc) is 3.08. The second-order valence-electron chi connectivity index (χ2n) is 5.14. The molecule has 0 aromatic carbocycles. The van der Waals surface area contributed by atoms with Crippen LogP contribution in [0.15, 0.2) is 10.9 Å². The van der Waals surface area contributed by atoms with Gasteiger partial charge in [0, 0.05) is 12.5 Å². The molecule has 1 saturated heterocycles. The maximum atomic E-state index is 11.5. The Bertz CT molecular complexity index is 462. The van der Waals surface area contributed by atoms with Gasteiger partial charge in [0.15, 0.2) is 0 Å². The fourth-order valence-electron chi connectivity index (χ4n) is 2.36. The van der Waals surface area contributed by atoms with Crippen molar-refractivity contribution in [1.29, 1.82) is 0 Å². The van der Waals surface area contributed by atoms with Crippen LogP contribution < -0.4 is 10.3 Å². The summed E-state index contributed by atoms with van der Waals surface area (Å²) in [4.78, 5) is 21.0. The molecule has 0 spiro atoms. The van der Waals surface area contributed by atoms with E-state index in [9.17, 15) is 4.79 Å². The lowest BCUT2D eigenvalue weighted by atomic mass is 10.4. The van der Waals surface area contributed by atoms with Crippen LogP contribution in [0.3, 0.4) is 0 Å². The molecule has 2 heterocycles. The molecule has 2 aliphatic rings. The molecule has 0 radical (unpaired) electrons. The minimum Gasteiger partial charge on any atom is -0.476 e. The van der Waals surface area contributed by atoms with Gasteiger partial charge in [-0.1, -0.05) is 0 Å². The summed E-state index contributed by atoms with van der Waals surface area (Å²) >= 11 is 0. The van der Waals surface area contributed by atoms with Crippen LogP contribution in [-0.4, -0.2) is 41.1 Å². The summed E-state index contributed by atoms with van der Waals surface area (Å²) in [5.74, 6) is 1.71. The third-order valence-corrected chi connectivity index (χ3v) is 3.56. The van der Waals surface area contributed by atoms with Crippen LogP contribution in [0, 0.1) is 0 Å². The van der Waals surface area contributed by atoms with E-state index in [1.165, 1.54) is 32.0 Å². The van der Waals surface area contributed by atoms with Gasteiger partial charge in [-0.05, 0) is 38.8 Å². The Hall–Kier alpha value is -1.36. The van der Waals surface area contributed by atoms with Gasteiger partial charge in [0.25, 0.3) is 5.56 Å². The minimum atomic E-state index is -0.108. The molecule has 0 unspecified atom stereocenters. The molecule has 1 aliphatic heterocycles.